The minimum atomic E-state index is -1.27. The van der Waals surface area contributed by atoms with Crippen LogP contribution < -0.4 is 16.0 Å². The number of pyridine rings is 1. The number of carboxylic acid groups (broad SMARTS) is 2. The fourth-order valence-corrected chi connectivity index (χ4v) is 5.58. The van der Waals surface area contributed by atoms with Gasteiger partial charge in [-0.15, -0.1) is 0 Å². The molecule has 2 heterocycles. The second-order valence-corrected chi connectivity index (χ2v) is 13.4. The standard InChI is InChI=1S/C31H41N7O6S/c1-19(39)34-26-36-23(24(45-26)25(40)33-18-21-9-8-16-32-17-21)15-12-20-10-13-22(14-11-20)35-27(37(28(41)42)30(2,3)4)38(29(43)44)31(5,6)7/h8-11,13-14,16-17,27,35H,12,15,18H2,1-7H3,(H,33,40)(H,41,42)(H,43,44)(H,34,36,39). The molecular formula is C31H41N7O6S. The Morgan fingerprint density at radius 1 is 0.889 bits per heavy atom. The molecule has 0 fully saturated rings. The summed E-state index contributed by atoms with van der Waals surface area (Å²) in [5, 5.41) is 29.1. The van der Waals surface area contributed by atoms with Crippen LogP contribution in [0.2, 0.25) is 0 Å². The zero-order valence-corrected chi connectivity index (χ0v) is 27.4. The van der Waals surface area contributed by atoms with Crippen molar-refractivity contribution in [2.75, 3.05) is 10.6 Å². The summed E-state index contributed by atoms with van der Waals surface area (Å²) in [6, 6.07) is 10.8. The lowest BCUT2D eigenvalue weighted by Crippen LogP contribution is -2.66. The largest absolute Gasteiger partial charge is 0.465 e. The van der Waals surface area contributed by atoms with Crippen molar-refractivity contribution >= 4 is 46.2 Å². The summed E-state index contributed by atoms with van der Waals surface area (Å²) in [6.07, 6.45) is 0.490. The van der Waals surface area contributed by atoms with Crippen LogP contribution in [0.15, 0.2) is 48.8 Å². The quantitative estimate of drug-likeness (QED) is 0.170. The molecule has 5 N–H and O–H groups in total. The smallest absolute Gasteiger partial charge is 0.410 e. The van der Waals surface area contributed by atoms with Crippen LogP contribution in [0.25, 0.3) is 0 Å². The van der Waals surface area contributed by atoms with E-state index in [9.17, 15) is 29.4 Å². The molecule has 0 unspecified atom stereocenters. The second-order valence-electron chi connectivity index (χ2n) is 12.4. The summed E-state index contributed by atoms with van der Waals surface area (Å²) >= 11 is 1.10. The van der Waals surface area contributed by atoms with Gasteiger partial charge in [-0.25, -0.2) is 14.6 Å². The highest BCUT2D eigenvalue weighted by Crippen LogP contribution is 2.28. The van der Waals surface area contributed by atoms with E-state index in [1.54, 1.807) is 72.1 Å². The number of carbonyl (C=O) groups is 4. The Labute approximate surface area is 266 Å². The van der Waals surface area contributed by atoms with E-state index in [-0.39, 0.29) is 18.4 Å². The number of benzene rings is 1. The molecule has 0 bridgehead atoms. The van der Waals surface area contributed by atoms with Gasteiger partial charge in [-0.05, 0) is 83.7 Å². The molecule has 3 rings (SSSR count). The van der Waals surface area contributed by atoms with Gasteiger partial charge in [0.05, 0.1) is 5.69 Å². The monoisotopic (exact) mass is 639 g/mol. The van der Waals surface area contributed by atoms with E-state index in [2.05, 4.69) is 25.9 Å². The van der Waals surface area contributed by atoms with Gasteiger partial charge in [-0.3, -0.25) is 24.4 Å². The molecule has 0 aliphatic carbocycles. The maximum atomic E-state index is 13.1. The number of thiazole rings is 1. The van der Waals surface area contributed by atoms with Gasteiger partial charge >= 0.3 is 12.2 Å². The molecule has 14 heteroatoms. The molecule has 1 aromatic carbocycles. The lowest BCUT2D eigenvalue weighted by atomic mass is 10.0. The Kier molecular flexibility index (Phi) is 11.1. The van der Waals surface area contributed by atoms with Crippen molar-refractivity contribution in [3.05, 3.63) is 70.5 Å². The number of carbonyl (C=O) groups excluding carboxylic acids is 2. The van der Waals surface area contributed by atoms with Crippen LogP contribution in [-0.4, -0.2) is 71.3 Å². The molecule has 3 aromatic rings. The van der Waals surface area contributed by atoms with Gasteiger partial charge < -0.3 is 26.2 Å². The number of rotatable bonds is 11. The fraction of sp³-hybridized carbons (Fsp3) is 0.419. The maximum Gasteiger partial charge on any atom is 0.410 e. The predicted octanol–water partition coefficient (Wildman–Crippen LogP) is 5.46. The van der Waals surface area contributed by atoms with E-state index in [1.807, 2.05) is 18.2 Å². The topological polar surface area (TPSA) is 177 Å². The van der Waals surface area contributed by atoms with Crippen LogP contribution in [0.3, 0.4) is 0 Å². The molecule has 0 saturated carbocycles. The average molecular weight is 640 g/mol. The van der Waals surface area contributed by atoms with Crippen molar-refractivity contribution < 1.29 is 29.4 Å². The van der Waals surface area contributed by atoms with Crippen LogP contribution in [-0.2, 0) is 24.2 Å². The lowest BCUT2D eigenvalue weighted by molar-refractivity contribution is -0.114. The third-order valence-corrected chi connectivity index (χ3v) is 7.62. The Hall–Kier alpha value is -4.72. The van der Waals surface area contributed by atoms with Gasteiger partial charge in [0.1, 0.15) is 4.88 Å². The fourth-order valence-electron chi connectivity index (χ4n) is 4.61. The van der Waals surface area contributed by atoms with Crippen LogP contribution in [0, 0.1) is 0 Å². The van der Waals surface area contributed by atoms with Crippen molar-refractivity contribution in [3.8, 4) is 0 Å². The van der Waals surface area contributed by atoms with Gasteiger partial charge in [0, 0.05) is 42.6 Å². The van der Waals surface area contributed by atoms with Gasteiger partial charge in [-0.1, -0.05) is 29.5 Å². The summed E-state index contributed by atoms with van der Waals surface area (Å²) in [4.78, 5) is 60.5. The summed E-state index contributed by atoms with van der Waals surface area (Å²) < 4.78 is 0. The average Bonchev–Trinajstić information content (AvgIpc) is 3.31. The van der Waals surface area contributed by atoms with Crippen LogP contribution >= 0.6 is 11.3 Å². The van der Waals surface area contributed by atoms with Gasteiger partial charge in [0.15, 0.2) is 11.4 Å². The lowest BCUT2D eigenvalue weighted by Gasteiger charge is -2.48. The Bertz CT molecular complexity index is 1470. The molecule has 0 atom stereocenters. The summed E-state index contributed by atoms with van der Waals surface area (Å²) in [5.74, 6) is -0.600. The molecule has 2 aromatic heterocycles. The number of nitrogens with one attached hydrogen (secondary N) is 3. The number of anilines is 2. The van der Waals surface area contributed by atoms with Crippen LogP contribution in [0.4, 0.5) is 20.4 Å². The van der Waals surface area contributed by atoms with Crippen molar-refractivity contribution in [2.24, 2.45) is 0 Å². The molecule has 45 heavy (non-hydrogen) atoms. The highest BCUT2D eigenvalue weighted by Gasteiger charge is 2.43. The van der Waals surface area contributed by atoms with Crippen LogP contribution in [0.5, 0.6) is 0 Å². The molecule has 242 valence electrons. The Balaban J connectivity index is 1.81. The van der Waals surface area contributed by atoms with Crippen molar-refractivity contribution in [1.82, 2.24) is 25.1 Å². The third kappa shape index (κ3) is 9.63. The summed E-state index contributed by atoms with van der Waals surface area (Å²) in [6.45, 7) is 11.9. The summed E-state index contributed by atoms with van der Waals surface area (Å²) in [5.41, 5.74) is 0.968. The minimum Gasteiger partial charge on any atom is -0.465 e. The molecule has 0 aliphatic heterocycles. The minimum absolute atomic E-state index is 0.290. The van der Waals surface area contributed by atoms with Gasteiger partial charge in [0.2, 0.25) is 5.91 Å². The SMILES string of the molecule is CC(=O)Nc1nc(CCc2ccc(NC(N(C(=O)O)C(C)(C)C)N(C(=O)O)C(C)(C)C)cc2)c(C(=O)NCc2cccnc2)s1. The molecule has 13 nitrogen and oxygen atoms in total. The number of aromatic nitrogens is 2. The molecule has 0 spiro atoms. The highest BCUT2D eigenvalue weighted by molar-refractivity contribution is 7.17. The van der Waals surface area contributed by atoms with E-state index < -0.39 is 29.6 Å². The normalized spacial score (nSPS) is 11.6. The second kappa shape index (κ2) is 14.4. The van der Waals surface area contributed by atoms with Crippen molar-refractivity contribution in [2.45, 2.75) is 85.2 Å². The number of hydrogen-bond acceptors (Lipinski definition) is 8. The molecule has 0 aliphatic rings. The zero-order valence-electron chi connectivity index (χ0n) is 26.5. The maximum absolute atomic E-state index is 13.1. The Morgan fingerprint density at radius 2 is 1.49 bits per heavy atom. The number of hydrogen-bond donors (Lipinski definition) is 5. The Morgan fingerprint density at radius 3 is 1.98 bits per heavy atom. The first-order valence-electron chi connectivity index (χ1n) is 14.3. The van der Waals surface area contributed by atoms with E-state index in [0.717, 1.165) is 32.3 Å². The number of amides is 4. The number of aryl methyl sites for hydroxylation is 2. The van der Waals surface area contributed by atoms with Gasteiger partial charge in [-0.2, -0.15) is 0 Å². The summed E-state index contributed by atoms with van der Waals surface area (Å²) in [7, 11) is 0. The first-order chi connectivity index (χ1) is 21.0. The van der Waals surface area contributed by atoms with E-state index in [1.165, 1.54) is 6.92 Å². The van der Waals surface area contributed by atoms with Crippen LogP contribution in [0.1, 0.15) is 75.0 Å². The molecule has 0 saturated heterocycles. The van der Waals surface area contributed by atoms with E-state index in [4.69, 9.17) is 0 Å². The van der Waals surface area contributed by atoms with E-state index in [0.29, 0.717) is 34.2 Å². The van der Waals surface area contributed by atoms with Crippen molar-refractivity contribution in [3.63, 3.8) is 0 Å². The highest BCUT2D eigenvalue weighted by atomic mass is 32.1. The molecule has 4 amide bonds. The molecular weight excluding hydrogens is 598 g/mol. The number of nitrogens with zero attached hydrogens (tertiary/aromatic N) is 4. The van der Waals surface area contributed by atoms with Gasteiger partial charge in [0.25, 0.3) is 5.91 Å². The predicted molar refractivity (Wildman–Crippen MR) is 172 cm³/mol. The zero-order chi connectivity index (χ0) is 33.5. The molecule has 0 radical (unpaired) electrons. The first-order valence-corrected chi connectivity index (χ1v) is 15.1. The third-order valence-electron chi connectivity index (χ3n) is 6.61. The first kappa shape index (κ1) is 34.8. The van der Waals surface area contributed by atoms with E-state index >= 15 is 0 Å². The van der Waals surface area contributed by atoms with Crippen molar-refractivity contribution in [1.29, 1.82) is 0 Å².